The van der Waals surface area contributed by atoms with Gasteiger partial charge in [-0.3, -0.25) is 9.59 Å². The molecule has 0 radical (unpaired) electrons. The van der Waals surface area contributed by atoms with Gasteiger partial charge < -0.3 is 4.90 Å². The molecule has 0 aromatic carbocycles. The molecule has 1 fully saturated rings. The van der Waals surface area contributed by atoms with Crippen LogP contribution in [0.2, 0.25) is 0 Å². The summed E-state index contributed by atoms with van der Waals surface area (Å²) in [6, 6.07) is 3.22. The van der Waals surface area contributed by atoms with Gasteiger partial charge >= 0.3 is 0 Å². The predicted molar refractivity (Wildman–Crippen MR) is 68.4 cm³/mol. The Morgan fingerprint density at radius 1 is 1.44 bits per heavy atom. The molecule has 0 spiro atoms. The SMILES string of the molecule is CCC1CCCCN1C(=O)c1ccc(=O)n(C)n1. The highest BCUT2D eigenvalue weighted by molar-refractivity contribution is 5.92. The van der Waals surface area contributed by atoms with E-state index in [-0.39, 0.29) is 11.5 Å². The summed E-state index contributed by atoms with van der Waals surface area (Å²) in [7, 11) is 1.56. The number of piperidine rings is 1. The van der Waals surface area contributed by atoms with Gasteiger partial charge in [0.15, 0.2) is 0 Å². The molecular formula is C13H19N3O2. The molecule has 98 valence electrons. The van der Waals surface area contributed by atoms with Crippen molar-refractivity contribution in [2.24, 2.45) is 7.05 Å². The average Bonchev–Trinajstić information content (AvgIpc) is 2.41. The van der Waals surface area contributed by atoms with Crippen molar-refractivity contribution in [1.29, 1.82) is 0 Å². The molecule has 0 saturated carbocycles. The molecule has 0 aliphatic carbocycles. The third-order valence-electron chi connectivity index (χ3n) is 3.54. The molecule has 0 bridgehead atoms. The van der Waals surface area contributed by atoms with Gasteiger partial charge in [0, 0.05) is 25.7 Å². The first-order chi connectivity index (χ1) is 8.63. The number of aromatic nitrogens is 2. The summed E-state index contributed by atoms with van der Waals surface area (Å²) in [5.41, 5.74) is 0.162. The second kappa shape index (κ2) is 5.33. The normalized spacial score (nSPS) is 19.9. The molecule has 2 heterocycles. The zero-order chi connectivity index (χ0) is 13.1. The average molecular weight is 249 g/mol. The van der Waals surface area contributed by atoms with Crippen molar-refractivity contribution in [3.63, 3.8) is 0 Å². The first kappa shape index (κ1) is 12.8. The van der Waals surface area contributed by atoms with Crippen LogP contribution in [0.1, 0.15) is 43.1 Å². The Balaban J connectivity index is 2.23. The van der Waals surface area contributed by atoms with E-state index in [1.54, 1.807) is 7.05 Å². The fraction of sp³-hybridized carbons (Fsp3) is 0.615. The van der Waals surface area contributed by atoms with Crippen molar-refractivity contribution >= 4 is 5.91 Å². The van der Waals surface area contributed by atoms with Gasteiger partial charge in [-0.15, -0.1) is 0 Å². The lowest BCUT2D eigenvalue weighted by molar-refractivity contribution is 0.0599. The van der Waals surface area contributed by atoms with Crippen molar-refractivity contribution in [3.8, 4) is 0 Å². The standard InChI is InChI=1S/C13H19N3O2/c1-3-10-6-4-5-9-16(10)13(18)11-7-8-12(17)15(2)14-11/h7-8,10H,3-6,9H2,1-2H3. The van der Waals surface area contributed by atoms with Gasteiger partial charge in [0.05, 0.1) is 0 Å². The van der Waals surface area contributed by atoms with E-state index in [0.717, 1.165) is 25.8 Å². The lowest BCUT2D eigenvalue weighted by Crippen LogP contribution is -2.44. The first-order valence-corrected chi connectivity index (χ1v) is 6.48. The number of hydrogen-bond donors (Lipinski definition) is 0. The van der Waals surface area contributed by atoms with Gasteiger partial charge in [-0.25, -0.2) is 4.68 Å². The quantitative estimate of drug-likeness (QED) is 0.791. The number of carbonyl (C=O) groups excluding carboxylic acids is 1. The van der Waals surface area contributed by atoms with E-state index in [0.29, 0.717) is 11.7 Å². The van der Waals surface area contributed by atoms with Crippen LogP contribution in [0.3, 0.4) is 0 Å². The minimum absolute atomic E-state index is 0.0582. The van der Waals surface area contributed by atoms with Crippen LogP contribution in [-0.2, 0) is 7.05 Å². The van der Waals surface area contributed by atoms with Crippen LogP contribution in [0.4, 0.5) is 0 Å². The van der Waals surface area contributed by atoms with Crippen molar-refractivity contribution in [3.05, 3.63) is 28.2 Å². The molecule has 5 heteroatoms. The van der Waals surface area contributed by atoms with Gasteiger partial charge in [0.25, 0.3) is 11.5 Å². The predicted octanol–water partition coefficient (Wildman–Crippen LogP) is 1.19. The highest BCUT2D eigenvalue weighted by Gasteiger charge is 2.27. The molecule has 1 aromatic heterocycles. The Morgan fingerprint density at radius 3 is 2.89 bits per heavy atom. The maximum absolute atomic E-state index is 12.4. The molecule has 5 nitrogen and oxygen atoms in total. The van der Waals surface area contributed by atoms with Crippen LogP contribution in [0.25, 0.3) is 0 Å². The van der Waals surface area contributed by atoms with Gasteiger partial charge in [-0.2, -0.15) is 5.10 Å². The van der Waals surface area contributed by atoms with E-state index < -0.39 is 0 Å². The second-order valence-corrected chi connectivity index (χ2v) is 4.74. The summed E-state index contributed by atoms with van der Waals surface area (Å²) in [6.07, 6.45) is 4.27. The second-order valence-electron chi connectivity index (χ2n) is 4.74. The molecule has 1 aliphatic heterocycles. The van der Waals surface area contributed by atoms with Crippen molar-refractivity contribution < 1.29 is 4.79 Å². The largest absolute Gasteiger partial charge is 0.334 e. The molecule has 2 rings (SSSR count). The molecular weight excluding hydrogens is 230 g/mol. The maximum atomic E-state index is 12.4. The number of amides is 1. The Kier molecular flexibility index (Phi) is 3.79. The molecule has 1 aliphatic rings. The van der Waals surface area contributed by atoms with E-state index in [2.05, 4.69) is 12.0 Å². The molecule has 1 saturated heterocycles. The number of rotatable bonds is 2. The molecule has 1 aromatic rings. The van der Waals surface area contributed by atoms with Crippen molar-refractivity contribution in [1.82, 2.24) is 14.7 Å². The number of nitrogens with zero attached hydrogens (tertiary/aromatic N) is 3. The molecule has 0 N–H and O–H groups in total. The fourth-order valence-corrected chi connectivity index (χ4v) is 2.46. The van der Waals surface area contributed by atoms with Crippen LogP contribution >= 0.6 is 0 Å². The van der Waals surface area contributed by atoms with Gasteiger partial charge in [-0.05, 0) is 31.7 Å². The van der Waals surface area contributed by atoms with Gasteiger partial charge in [-0.1, -0.05) is 6.92 Å². The van der Waals surface area contributed by atoms with Gasteiger partial charge in [0.1, 0.15) is 5.69 Å². The van der Waals surface area contributed by atoms with Crippen LogP contribution < -0.4 is 5.56 Å². The van der Waals surface area contributed by atoms with Crippen molar-refractivity contribution in [2.75, 3.05) is 6.54 Å². The summed E-state index contributed by atoms with van der Waals surface area (Å²) >= 11 is 0. The summed E-state index contributed by atoms with van der Waals surface area (Å²) in [4.78, 5) is 25.5. The number of carbonyl (C=O) groups is 1. The molecule has 18 heavy (non-hydrogen) atoms. The van der Waals surface area contributed by atoms with E-state index >= 15 is 0 Å². The van der Waals surface area contributed by atoms with E-state index in [9.17, 15) is 9.59 Å². The molecule has 1 amide bonds. The van der Waals surface area contributed by atoms with Crippen LogP contribution in [0.5, 0.6) is 0 Å². The highest BCUT2D eigenvalue weighted by atomic mass is 16.2. The van der Waals surface area contributed by atoms with Crippen LogP contribution in [0, 0.1) is 0 Å². The van der Waals surface area contributed by atoms with E-state index in [4.69, 9.17) is 0 Å². The van der Waals surface area contributed by atoms with Gasteiger partial charge in [0.2, 0.25) is 0 Å². The highest BCUT2D eigenvalue weighted by Crippen LogP contribution is 2.20. The molecule has 1 atom stereocenters. The third-order valence-corrected chi connectivity index (χ3v) is 3.54. The Labute approximate surface area is 106 Å². The topological polar surface area (TPSA) is 55.2 Å². The minimum Gasteiger partial charge on any atom is -0.334 e. The van der Waals surface area contributed by atoms with E-state index in [1.165, 1.54) is 23.2 Å². The smallest absolute Gasteiger partial charge is 0.274 e. The minimum atomic E-state index is -0.197. The summed E-state index contributed by atoms with van der Waals surface area (Å²) in [5, 5.41) is 4.03. The van der Waals surface area contributed by atoms with E-state index in [1.807, 2.05) is 4.90 Å². The Hall–Kier alpha value is -1.65. The number of likely N-dealkylation sites (tertiary alicyclic amines) is 1. The zero-order valence-corrected chi connectivity index (χ0v) is 10.9. The first-order valence-electron chi connectivity index (χ1n) is 6.48. The summed E-state index contributed by atoms with van der Waals surface area (Å²) < 4.78 is 1.21. The molecule has 1 unspecified atom stereocenters. The lowest BCUT2D eigenvalue weighted by Gasteiger charge is -2.35. The fourth-order valence-electron chi connectivity index (χ4n) is 2.46. The van der Waals surface area contributed by atoms with Crippen LogP contribution in [0.15, 0.2) is 16.9 Å². The Morgan fingerprint density at radius 2 is 2.22 bits per heavy atom. The lowest BCUT2D eigenvalue weighted by atomic mass is 9.99. The number of aryl methyl sites for hydroxylation is 1. The zero-order valence-electron chi connectivity index (χ0n) is 10.9. The number of hydrogen-bond acceptors (Lipinski definition) is 3. The maximum Gasteiger partial charge on any atom is 0.274 e. The Bertz CT molecular complexity index is 495. The monoisotopic (exact) mass is 249 g/mol. The summed E-state index contributed by atoms with van der Waals surface area (Å²) in [5.74, 6) is -0.0582. The third kappa shape index (κ3) is 2.44. The van der Waals surface area contributed by atoms with Crippen LogP contribution in [-0.4, -0.2) is 33.2 Å². The van der Waals surface area contributed by atoms with Crippen molar-refractivity contribution in [2.45, 2.75) is 38.6 Å². The summed E-state index contributed by atoms with van der Waals surface area (Å²) in [6.45, 7) is 2.90.